The van der Waals surface area contributed by atoms with Crippen LogP contribution in [0.4, 0.5) is 0 Å². The first-order chi connectivity index (χ1) is 11.7. The smallest absolute Gasteiger partial charge is 0.277 e. The highest BCUT2D eigenvalue weighted by molar-refractivity contribution is 9.10. The minimum absolute atomic E-state index is 0.487. The molecule has 0 saturated heterocycles. The Bertz CT molecular complexity index is 821. The third-order valence-electron chi connectivity index (χ3n) is 3.34. The van der Waals surface area contributed by atoms with Gasteiger partial charge in [-0.25, -0.2) is 0 Å². The first kappa shape index (κ1) is 16.9. The van der Waals surface area contributed by atoms with E-state index in [-0.39, 0.29) is 0 Å². The van der Waals surface area contributed by atoms with E-state index in [4.69, 9.17) is 13.9 Å². The quantitative estimate of drug-likeness (QED) is 0.547. The largest absolute Gasteiger partial charge is 0.497 e. The molecule has 1 heterocycles. The molecule has 3 rings (SSSR count). The third-order valence-corrected chi connectivity index (χ3v) is 4.70. The van der Waals surface area contributed by atoms with Crippen LogP contribution in [-0.2, 0) is 5.75 Å². The average molecular weight is 407 g/mol. The highest BCUT2D eigenvalue weighted by atomic mass is 79.9. The average Bonchev–Trinajstić information content (AvgIpc) is 3.09. The highest BCUT2D eigenvalue weighted by Crippen LogP contribution is 2.31. The summed E-state index contributed by atoms with van der Waals surface area (Å²) in [6.45, 7) is 0. The number of ether oxygens (including phenoxy) is 2. The van der Waals surface area contributed by atoms with Crippen molar-refractivity contribution in [3.8, 4) is 23.0 Å². The standard InChI is InChI=1S/C17H15BrN2O3S/c1-21-14-6-3-11(4-7-14)16-19-20-17(23-16)24-10-12-9-13(18)5-8-15(12)22-2/h3-9H,10H2,1-2H3. The van der Waals surface area contributed by atoms with E-state index in [1.54, 1.807) is 14.2 Å². The monoisotopic (exact) mass is 406 g/mol. The molecule has 0 radical (unpaired) electrons. The van der Waals surface area contributed by atoms with Gasteiger partial charge in [-0.15, -0.1) is 10.2 Å². The van der Waals surface area contributed by atoms with Crippen molar-refractivity contribution in [3.05, 3.63) is 52.5 Å². The third kappa shape index (κ3) is 3.91. The van der Waals surface area contributed by atoms with E-state index in [9.17, 15) is 0 Å². The van der Waals surface area contributed by atoms with E-state index in [2.05, 4.69) is 26.1 Å². The number of hydrogen-bond donors (Lipinski definition) is 0. The van der Waals surface area contributed by atoms with E-state index in [1.165, 1.54) is 11.8 Å². The zero-order chi connectivity index (χ0) is 16.9. The van der Waals surface area contributed by atoms with Gasteiger partial charge in [0.05, 0.1) is 14.2 Å². The Kier molecular flexibility index (Phi) is 5.42. The number of aromatic nitrogens is 2. The lowest BCUT2D eigenvalue weighted by molar-refractivity contribution is 0.411. The Morgan fingerprint density at radius 3 is 2.54 bits per heavy atom. The lowest BCUT2D eigenvalue weighted by Crippen LogP contribution is -1.90. The van der Waals surface area contributed by atoms with Gasteiger partial charge in [-0.3, -0.25) is 0 Å². The molecule has 0 aliphatic carbocycles. The topological polar surface area (TPSA) is 57.4 Å². The van der Waals surface area contributed by atoms with Crippen LogP contribution in [0.1, 0.15) is 5.56 Å². The molecule has 124 valence electrons. The number of nitrogens with zero attached hydrogens (tertiary/aromatic N) is 2. The van der Waals surface area contributed by atoms with Crippen molar-refractivity contribution in [2.75, 3.05) is 14.2 Å². The molecule has 0 fully saturated rings. The Morgan fingerprint density at radius 1 is 1.04 bits per heavy atom. The van der Waals surface area contributed by atoms with Gasteiger partial charge in [0.2, 0.25) is 5.89 Å². The SMILES string of the molecule is COc1ccc(-c2nnc(SCc3cc(Br)ccc3OC)o2)cc1. The first-order valence-corrected chi connectivity index (χ1v) is 8.90. The molecule has 0 atom stereocenters. The molecule has 7 heteroatoms. The van der Waals surface area contributed by atoms with Crippen LogP contribution >= 0.6 is 27.7 Å². The van der Waals surface area contributed by atoms with Crippen molar-refractivity contribution >= 4 is 27.7 Å². The van der Waals surface area contributed by atoms with Gasteiger partial charge in [0.25, 0.3) is 5.22 Å². The summed E-state index contributed by atoms with van der Waals surface area (Å²) < 4.78 is 17.2. The summed E-state index contributed by atoms with van der Waals surface area (Å²) in [5.74, 6) is 2.78. The first-order valence-electron chi connectivity index (χ1n) is 7.12. The van der Waals surface area contributed by atoms with Gasteiger partial charge in [0, 0.05) is 21.4 Å². The second kappa shape index (κ2) is 7.72. The van der Waals surface area contributed by atoms with Crippen molar-refractivity contribution in [3.63, 3.8) is 0 Å². The van der Waals surface area contributed by atoms with Crippen LogP contribution < -0.4 is 9.47 Å². The molecule has 3 aromatic rings. The van der Waals surface area contributed by atoms with Crippen LogP contribution in [0.2, 0.25) is 0 Å². The zero-order valence-corrected chi connectivity index (χ0v) is 15.6. The summed E-state index contributed by atoms with van der Waals surface area (Å²) in [7, 11) is 3.29. The molecule has 0 saturated carbocycles. The number of hydrogen-bond acceptors (Lipinski definition) is 6. The van der Waals surface area contributed by atoms with E-state index in [0.717, 1.165) is 27.1 Å². The minimum atomic E-state index is 0.487. The van der Waals surface area contributed by atoms with Gasteiger partial charge in [0.1, 0.15) is 11.5 Å². The fourth-order valence-electron chi connectivity index (χ4n) is 2.12. The second-order valence-corrected chi connectivity index (χ2v) is 6.69. The van der Waals surface area contributed by atoms with Gasteiger partial charge in [-0.1, -0.05) is 27.7 Å². The molecule has 5 nitrogen and oxygen atoms in total. The molecule has 0 bridgehead atoms. The summed E-state index contributed by atoms with van der Waals surface area (Å²) in [6.07, 6.45) is 0. The van der Waals surface area contributed by atoms with E-state index in [1.807, 2.05) is 42.5 Å². The van der Waals surface area contributed by atoms with Crippen molar-refractivity contribution < 1.29 is 13.9 Å². The molecular weight excluding hydrogens is 392 g/mol. The van der Waals surface area contributed by atoms with Crippen molar-refractivity contribution in [2.45, 2.75) is 11.0 Å². The maximum absolute atomic E-state index is 5.72. The lowest BCUT2D eigenvalue weighted by atomic mass is 10.2. The Balaban J connectivity index is 1.71. The molecule has 0 aliphatic heterocycles. The van der Waals surface area contributed by atoms with Crippen LogP contribution in [0.3, 0.4) is 0 Å². The maximum atomic E-state index is 5.72. The fraction of sp³-hybridized carbons (Fsp3) is 0.176. The van der Waals surface area contributed by atoms with Crippen LogP contribution in [-0.4, -0.2) is 24.4 Å². The normalized spacial score (nSPS) is 10.6. The molecule has 2 aromatic carbocycles. The summed E-state index contributed by atoms with van der Waals surface area (Å²) in [5.41, 5.74) is 1.91. The summed E-state index contributed by atoms with van der Waals surface area (Å²) in [6, 6.07) is 13.4. The molecular formula is C17H15BrN2O3S. The zero-order valence-electron chi connectivity index (χ0n) is 13.2. The summed E-state index contributed by atoms with van der Waals surface area (Å²) >= 11 is 4.94. The number of methoxy groups -OCH3 is 2. The molecule has 0 N–H and O–H groups in total. The predicted octanol–water partition coefficient (Wildman–Crippen LogP) is 4.81. The van der Waals surface area contributed by atoms with Crippen LogP contribution in [0.25, 0.3) is 11.5 Å². The summed E-state index contributed by atoms with van der Waals surface area (Å²) in [5, 5.41) is 8.70. The van der Waals surface area contributed by atoms with Crippen molar-refractivity contribution in [1.29, 1.82) is 0 Å². The highest BCUT2D eigenvalue weighted by Gasteiger charge is 2.11. The van der Waals surface area contributed by atoms with E-state index < -0.39 is 0 Å². The molecule has 0 aliphatic rings. The molecule has 1 aromatic heterocycles. The molecule has 0 amide bonds. The fourth-order valence-corrected chi connectivity index (χ4v) is 3.27. The number of thioether (sulfide) groups is 1. The number of halogens is 1. The van der Waals surface area contributed by atoms with Gasteiger partial charge in [-0.05, 0) is 42.5 Å². The van der Waals surface area contributed by atoms with E-state index >= 15 is 0 Å². The Morgan fingerprint density at radius 2 is 1.83 bits per heavy atom. The van der Waals surface area contributed by atoms with E-state index in [0.29, 0.717) is 16.9 Å². The van der Waals surface area contributed by atoms with Crippen LogP contribution in [0, 0.1) is 0 Å². The lowest BCUT2D eigenvalue weighted by Gasteiger charge is -2.07. The van der Waals surface area contributed by atoms with Crippen molar-refractivity contribution in [1.82, 2.24) is 10.2 Å². The number of rotatable bonds is 6. The van der Waals surface area contributed by atoms with Gasteiger partial charge < -0.3 is 13.9 Å². The second-order valence-electron chi connectivity index (χ2n) is 4.85. The van der Waals surface area contributed by atoms with Crippen LogP contribution in [0.5, 0.6) is 11.5 Å². The predicted molar refractivity (Wildman–Crippen MR) is 96.5 cm³/mol. The molecule has 0 spiro atoms. The molecule has 0 unspecified atom stereocenters. The minimum Gasteiger partial charge on any atom is -0.497 e. The maximum Gasteiger partial charge on any atom is 0.277 e. The number of benzene rings is 2. The van der Waals surface area contributed by atoms with Gasteiger partial charge in [0.15, 0.2) is 0 Å². The van der Waals surface area contributed by atoms with Crippen molar-refractivity contribution in [2.24, 2.45) is 0 Å². The van der Waals surface area contributed by atoms with Gasteiger partial charge >= 0.3 is 0 Å². The van der Waals surface area contributed by atoms with Gasteiger partial charge in [-0.2, -0.15) is 0 Å². The Labute approximate surface area is 152 Å². The Hall–Kier alpha value is -1.99. The van der Waals surface area contributed by atoms with Crippen LogP contribution in [0.15, 0.2) is 56.6 Å². The molecule has 24 heavy (non-hydrogen) atoms. The summed E-state index contributed by atoms with van der Waals surface area (Å²) in [4.78, 5) is 0.